The lowest BCUT2D eigenvalue weighted by molar-refractivity contribution is -0.146. The van der Waals surface area contributed by atoms with E-state index in [-0.39, 0.29) is 12.2 Å². The van der Waals surface area contributed by atoms with Crippen molar-refractivity contribution in [2.45, 2.75) is 63.9 Å². The van der Waals surface area contributed by atoms with Gasteiger partial charge in [-0.1, -0.05) is 11.6 Å². The highest BCUT2D eigenvalue weighted by molar-refractivity contribution is 7.12. The molecule has 2 atom stereocenters. The summed E-state index contributed by atoms with van der Waals surface area (Å²) in [4.78, 5) is 31.9. The molecule has 0 amide bonds. The van der Waals surface area contributed by atoms with E-state index in [0.717, 1.165) is 52.4 Å². The summed E-state index contributed by atoms with van der Waals surface area (Å²) in [7, 11) is 0. The van der Waals surface area contributed by atoms with Gasteiger partial charge >= 0.3 is 5.97 Å². The predicted molar refractivity (Wildman–Crippen MR) is 103 cm³/mol. The van der Waals surface area contributed by atoms with E-state index in [2.05, 4.69) is 10.1 Å². The molecule has 29 heavy (non-hydrogen) atoms. The second-order valence-corrected chi connectivity index (χ2v) is 10.1. The van der Waals surface area contributed by atoms with Crippen LogP contribution in [-0.4, -0.2) is 33.6 Å². The molecule has 1 aliphatic heterocycles. The van der Waals surface area contributed by atoms with Crippen LogP contribution >= 0.6 is 11.3 Å². The van der Waals surface area contributed by atoms with Crippen LogP contribution in [0.1, 0.15) is 65.6 Å². The van der Waals surface area contributed by atoms with E-state index < -0.39 is 16.8 Å². The number of thiophene rings is 1. The molecule has 0 saturated heterocycles. The van der Waals surface area contributed by atoms with E-state index in [4.69, 9.17) is 9.26 Å². The van der Waals surface area contributed by atoms with Gasteiger partial charge < -0.3 is 14.4 Å². The number of ketones is 1. The standard InChI is InChI=1S/C21H22N2O5S/c24-15(20-5-1-6-21(20,10-20)19(25)26)8-13-16(12-4-7-27-9-14(12)29-13)18-22-17(23-28-18)11-2-3-11/h11H,1-10H2,(H,25,26)/t20-,21+/m0/s1. The number of hydrogen-bond acceptors (Lipinski definition) is 7. The zero-order valence-corrected chi connectivity index (χ0v) is 16.8. The smallest absolute Gasteiger partial charge is 0.310 e. The van der Waals surface area contributed by atoms with Gasteiger partial charge in [0.15, 0.2) is 5.82 Å². The Labute approximate surface area is 171 Å². The topological polar surface area (TPSA) is 103 Å². The summed E-state index contributed by atoms with van der Waals surface area (Å²) in [6, 6.07) is 0. The Morgan fingerprint density at radius 1 is 1.24 bits per heavy atom. The molecule has 3 saturated carbocycles. The quantitative estimate of drug-likeness (QED) is 0.772. The summed E-state index contributed by atoms with van der Waals surface area (Å²) in [5.41, 5.74) is 0.551. The third-order valence-corrected chi connectivity index (χ3v) is 8.56. The van der Waals surface area contributed by atoms with Crippen LogP contribution in [0.4, 0.5) is 0 Å². The van der Waals surface area contributed by atoms with Crippen LogP contribution in [0, 0.1) is 10.8 Å². The van der Waals surface area contributed by atoms with Gasteiger partial charge in [0.1, 0.15) is 5.78 Å². The first-order valence-electron chi connectivity index (χ1n) is 10.4. The minimum Gasteiger partial charge on any atom is -0.481 e. The van der Waals surface area contributed by atoms with Crippen molar-refractivity contribution in [3.63, 3.8) is 0 Å². The number of ether oxygens (including phenoxy) is 1. The molecule has 3 heterocycles. The van der Waals surface area contributed by atoms with Gasteiger partial charge in [-0.3, -0.25) is 9.59 Å². The highest BCUT2D eigenvalue weighted by Crippen LogP contribution is 2.74. The van der Waals surface area contributed by atoms with Gasteiger partial charge in [-0.15, -0.1) is 11.3 Å². The van der Waals surface area contributed by atoms with Gasteiger partial charge in [0, 0.05) is 27.5 Å². The van der Waals surface area contributed by atoms with Crippen LogP contribution in [0.5, 0.6) is 0 Å². The van der Waals surface area contributed by atoms with Gasteiger partial charge in [0.2, 0.25) is 0 Å². The molecule has 6 rings (SSSR count). The summed E-state index contributed by atoms with van der Waals surface area (Å²) in [6.45, 7) is 1.18. The van der Waals surface area contributed by atoms with Crippen molar-refractivity contribution in [3.8, 4) is 11.5 Å². The summed E-state index contributed by atoms with van der Waals surface area (Å²) in [5.74, 6) is 0.896. The molecule has 0 bridgehead atoms. The van der Waals surface area contributed by atoms with Crippen LogP contribution in [0.25, 0.3) is 11.5 Å². The Morgan fingerprint density at radius 3 is 2.83 bits per heavy atom. The van der Waals surface area contributed by atoms with Crippen LogP contribution < -0.4 is 0 Å². The Bertz CT molecular complexity index is 1040. The highest BCUT2D eigenvalue weighted by atomic mass is 32.1. The maximum absolute atomic E-state index is 13.4. The number of Topliss-reactive ketones (excluding diaryl/α,β-unsaturated/α-hetero) is 1. The highest BCUT2D eigenvalue weighted by Gasteiger charge is 2.77. The van der Waals surface area contributed by atoms with Crippen molar-refractivity contribution < 1.29 is 24.0 Å². The minimum atomic E-state index is -0.826. The Balaban J connectivity index is 1.36. The number of aliphatic carboxylic acids is 1. The largest absolute Gasteiger partial charge is 0.481 e. The molecular weight excluding hydrogens is 392 g/mol. The number of nitrogens with zero attached hydrogens (tertiary/aromatic N) is 2. The molecule has 2 aromatic rings. The van der Waals surface area contributed by atoms with Gasteiger partial charge in [0.25, 0.3) is 5.89 Å². The van der Waals surface area contributed by atoms with E-state index >= 15 is 0 Å². The number of carboxylic acids is 1. The predicted octanol–water partition coefficient (Wildman–Crippen LogP) is 3.50. The van der Waals surface area contributed by atoms with Gasteiger partial charge in [-0.2, -0.15) is 4.98 Å². The average Bonchev–Trinajstić information content (AvgIpc) is 3.52. The number of carboxylic acid groups (broad SMARTS) is 1. The van der Waals surface area contributed by atoms with Crippen LogP contribution in [0.15, 0.2) is 4.52 Å². The van der Waals surface area contributed by atoms with Crippen LogP contribution in [0.3, 0.4) is 0 Å². The average molecular weight is 414 g/mol. The van der Waals surface area contributed by atoms with Crippen molar-refractivity contribution in [2.75, 3.05) is 6.61 Å². The third-order valence-electron chi connectivity index (χ3n) is 7.36. The van der Waals surface area contributed by atoms with E-state index in [1.807, 2.05) is 0 Å². The zero-order valence-electron chi connectivity index (χ0n) is 16.0. The molecule has 0 spiro atoms. The van der Waals surface area contributed by atoms with Gasteiger partial charge in [-0.25, -0.2) is 0 Å². The lowest BCUT2D eigenvalue weighted by Gasteiger charge is -2.14. The lowest BCUT2D eigenvalue weighted by atomic mass is 9.89. The fourth-order valence-electron chi connectivity index (χ4n) is 5.53. The van der Waals surface area contributed by atoms with Crippen LogP contribution in [-0.2, 0) is 33.8 Å². The van der Waals surface area contributed by atoms with Crippen molar-refractivity contribution in [3.05, 3.63) is 21.1 Å². The fraction of sp³-hybridized carbons (Fsp3) is 0.619. The van der Waals surface area contributed by atoms with Crippen molar-refractivity contribution in [1.29, 1.82) is 0 Å². The Morgan fingerprint density at radius 2 is 2.07 bits per heavy atom. The molecule has 2 aromatic heterocycles. The zero-order chi connectivity index (χ0) is 19.8. The lowest BCUT2D eigenvalue weighted by Crippen LogP contribution is -2.26. The second-order valence-electron chi connectivity index (χ2n) is 8.94. The molecule has 0 radical (unpaired) electrons. The van der Waals surface area contributed by atoms with Crippen molar-refractivity contribution in [1.82, 2.24) is 10.1 Å². The SMILES string of the molecule is O=C(O)[C@]12CCC[C@@]1(C(=O)Cc1sc3c(c1-c1nc(C4CC4)no1)CCOC3)C2. The first kappa shape index (κ1) is 17.8. The monoisotopic (exact) mass is 414 g/mol. The fourth-order valence-corrected chi connectivity index (χ4v) is 6.81. The minimum absolute atomic E-state index is 0.0556. The summed E-state index contributed by atoms with van der Waals surface area (Å²) < 4.78 is 11.2. The first-order chi connectivity index (χ1) is 14.0. The normalized spacial score (nSPS) is 30.1. The molecule has 0 aromatic carbocycles. The van der Waals surface area contributed by atoms with E-state index in [0.29, 0.717) is 44.3 Å². The maximum atomic E-state index is 13.4. The van der Waals surface area contributed by atoms with Gasteiger partial charge in [0.05, 0.1) is 24.2 Å². The Kier molecular flexibility index (Phi) is 3.66. The van der Waals surface area contributed by atoms with E-state index in [1.54, 1.807) is 11.3 Å². The van der Waals surface area contributed by atoms with Crippen molar-refractivity contribution in [2.24, 2.45) is 10.8 Å². The molecule has 152 valence electrons. The van der Waals surface area contributed by atoms with Crippen LogP contribution in [0.2, 0.25) is 0 Å². The molecule has 3 aliphatic carbocycles. The van der Waals surface area contributed by atoms with E-state index in [9.17, 15) is 14.7 Å². The van der Waals surface area contributed by atoms with E-state index in [1.165, 1.54) is 0 Å². The maximum Gasteiger partial charge on any atom is 0.310 e. The molecular formula is C21H22N2O5S. The molecule has 4 aliphatic rings. The summed E-state index contributed by atoms with van der Waals surface area (Å²) >= 11 is 1.58. The van der Waals surface area contributed by atoms with Gasteiger partial charge in [-0.05, 0) is 44.1 Å². The molecule has 7 nitrogen and oxygen atoms in total. The summed E-state index contributed by atoms with van der Waals surface area (Å²) in [6.07, 6.45) is 5.81. The number of hydrogen-bond donors (Lipinski definition) is 1. The number of carbonyl (C=O) groups is 2. The molecule has 1 N–H and O–H groups in total. The second kappa shape index (κ2) is 5.98. The number of aromatic nitrogens is 2. The molecule has 0 unspecified atom stereocenters. The number of fused-ring (bicyclic) bond motifs is 2. The molecule has 3 fully saturated rings. The molecule has 8 heteroatoms. The number of carbonyl (C=O) groups excluding carboxylic acids is 1. The first-order valence-corrected chi connectivity index (χ1v) is 11.2. The summed E-state index contributed by atoms with van der Waals surface area (Å²) in [5, 5.41) is 13.9. The van der Waals surface area contributed by atoms with Crippen molar-refractivity contribution >= 4 is 23.1 Å². The Hall–Kier alpha value is -2.06. The third kappa shape index (κ3) is 2.45. The number of rotatable bonds is 6.